The molecule has 190 valence electrons. The smallest absolute Gasteiger partial charge is 0.203 e. The average molecular weight is 506 g/mol. The van der Waals surface area contributed by atoms with Crippen molar-refractivity contribution in [3.63, 3.8) is 0 Å². The molecular weight excluding hydrogens is 480 g/mol. The van der Waals surface area contributed by atoms with E-state index < -0.39 is 23.1 Å². The number of aromatic nitrogens is 2. The summed E-state index contributed by atoms with van der Waals surface area (Å²) >= 11 is 0. The van der Waals surface area contributed by atoms with Crippen LogP contribution in [0.2, 0.25) is 0 Å². The molecule has 2 aromatic carbocycles. The number of morpholine rings is 1. The second kappa shape index (κ2) is 10.1. The van der Waals surface area contributed by atoms with E-state index in [1.165, 1.54) is 48.8 Å². The largest absolute Gasteiger partial charge is 0.458 e. The van der Waals surface area contributed by atoms with Crippen LogP contribution in [-0.2, 0) is 4.74 Å². The lowest BCUT2D eigenvalue weighted by Crippen LogP contribution is -2.38. The number of halogens is 2. The molecule has 1 aliphatic heterocycles. The van der Waals surface area contributed by atoms with Crippen molar-refractivity contribution in [2.75, 3.05) is 36.5 Å². The molecule has 0 bridgehead atoms. The van der Waals surface area contributed by atoms with Crippen molar-refractivity contribution in [1.82, 2.24) is 9.97 Å². The van der Waals surface area contributed by atoms with Crippen LogP contribution in [0.25, 0.3) is 22.1 Å². The van der Waals surface area contributed by atoms with Crippen molar-refractivity contribution in [3.8, 4) is 11.1 Å². The summed E-state index contributed by atoms with van der Waals surface area (Å²) in [5, 5.41) is 11.5. The molecule has 5 rings (SSSR count). The SMILES string of the molecule is CC(=N)c1c(NC(C)c2oc3cccc(F)c3c(=O)c2-c2ccc(F)cc2)ncnc1N1CCOCC1. The maximum Gasteiger partial charge on any atom is 0.203 e. The van der Waals surface area contributed by atoms with Gasteiger partial charge in [-0.3, -0.25) is 4.79 Å². The molecule has 3 heterocycles. The van der Waals surface area contributed by atoms with Crippen molar-refractivity contribution < 1.29 is 17.9 Å². The normalized spacial score (nSPS) is 14.5. The van der Waals surface area contributed by atoms with Crippen molar-refractivity contribution in [2.24, 2.45) is 0 Å². The van der Waals surface area contributed by atoms with Crippen LogP contribution < -0.4 is 15.6 Å². The third kappa shape index (κ3) is 4.67. The minimum atomic E-state index is -0.700. The molecule has 0 saturated carbocycles. The van der Waals surface area contributed by atoms with Gasteiger partial charge in [0.25, 0.3) is 0 Å². The van der Waals surface area contributed by atoms with Gasteiger partial charge in [0.2, 0.25) is 5.43 Å². The molecule has 0 radical (unpaired) electrons. The molecule has 0 aliphatic carbocycles. The lowest BCUT2D eigenvalue weighted by Gasteiger charge is -2.30. The van der Waals surface area contributed by atoms with Crippen LogP contribution in [0, 0.1) is 17.0 Å². The molecule has 2 N–H and O–H groups in total. The summed E-state index contributed by atoms with van der Waals surface area (Å²) in [4.78, 5) is 24.4. The number of ether oxygens (including phenoxy) is 1. The summed E-state index contributed by atoms with van der Waals surface area (Å²) < 4.78 is 39.9. The van der Waals surface area contributed by atoms with Gasteiger partial charge in [-0.1, -0.05) is 18.2 Å². The van der Waals surface area contributed by atoms with Crippen molar-refractivity contribution in [1.29, 1.82) is 5.41 Å². The van der Waals surface area contributed by atoms with Crippen LogP contribution in [0.1, 0.15) is 31.2 Å². The van der Waals surface area contributed by atoms with E-state index in [1.54, 1.807) is 13.8 Å². The molecule has 0 amide bonds. The number of nitrogens with zero attached hydrogens (tertiary/aromatic N) is 3. The summed E-state index contributed by atoms with van der Waals surface area (Å²) in [5.41, 5.74) is 0.832. The number of benzene rings is 2. The lowest BCUT2D eigenvalue weighted by molar-refractivity contribution is 0.122. The molecule has 1 atom stereocenters. The predicted octanol–water partition coefficient (Wildman–Crippen LogP) is 4.93. The van der Waals surface area contributed by atoms with Gasteiger partial charge in [0.15, 0.2) is 0 Å². The minimum Gasteiger partial charge on any atom is -0.458 e. The van der Waals surface area contributed by atoms with E-state index in [0.717, 1.165) is 0 Å². The number of hydrogen-bond donors (Lipinski definition) is 2. The zero-order chi connectivity index (χ0) is 26.1. The first-order valence-electron chi connectivity index (χ1n) is 11.9. The van der Waals surface area contributed by atoms with Gasteiger partial charge in [0.1, 0.15) is 46.3 Å². The number of anilines is 2. The van der Waals surface area contributed by atoms with Gasteiger partial charge in [0, 0.05) is 18.8 Å². The number of nitrogens with one attached hydrogen (secondary N) is 2. The summed E-state index contributed by atoms with van der Waals surface area (Å²) in [7, 11) is 0. The Morgan fingerprint density at radius 2 is 1.84 bits per heavy atom. The standard InChI is InChI=1S/C27H25F2N5O3/c1-15(30)21-26(31-14-32-27(21)34-10-12-36-13-11-34)33-16(2)25-22(17-6-8-18(28)9-7-17)24(35)23-19(29)4-3-5-20(23)37-25/h3-9,14,16,30H,10-13H2,1-2H3,(H,31,32,33). The number of rotatable bonds is 6. The van der Waals surface area contributed by atoms with Crippen LogP contribution in [-0.4, -0.2) is 42.0 Å². The quantitative estimate of drug-likeness (QED) is 0.358. The summed E-state index contributed by atoms with van der Waals surface area (Å²) in [5.74, 6) is 0.0738. The zero-order valence-corrected chi connectivity index (χ0v) is 20.3. The van der Waals surface area contributed by atoms with Crippen LogP contribution in [0.3, 0.4) is 0 Å². The molecule has 0 spiro atoms. The summed E-state index contributed by atoms with van der Waals surface area (Å²) in [6.07, 6.45) is 1.42. The third-order valence-corrected chi connectivity index (χ3v) is 6.29. The Bertz CT molecular complexity index is 1530. The Hall–Kier alpha value is -4.18. The van der Waals surface area contributed by atoms with E-state index in [1.807, 2.05) is 4.90 Å². The molecule has 1 unspecified atom stereocenters. The first kappa shape index (κ1) is 24.5. The second-order valence-electron chi connectivity index (χ2n) is 8.80. The maximum atomic E-state index is 14.7. The lowest BCUT2D eigenvalue weighted by atomic mass is 9.98. The molecule has 1 aliphatic rings. The van der Waals surface area contributed by atoms with Crippen molar-refractivity contribution in [3.05, 3.63) is 82.0 Å². The molecule has 8 nitrogen and oxygen atoms in total. The Morgan fingerprint density at radius 1 is 1.11 bits per heavy atom. The van der Waals surface area contributed by atoms with Crippen LogP contribution in [0.15, 0.2) is 58.0 Å². The molecule has 1 fully saturated rings. The van der Waals surface area contributed by atoms with E-state index in [4.69, 9.17) is 14.6 Å². The zero-order valence-electron chi connectivity index (χ0n) is 20.3. The highest BCUT2D eigenvalue weighted by Crippen LogP contribution is 2.33. The van der Waals surface area contributed by atoms with Gasteiger partial charge in [0.05, 0.1) is 30.4 Å². The maximum absolute atomic E-state index is 14.7. The first-order valence-corrected chi connectivity index (χ1v) is 11.9. The fraction of sp³-hybridized carbons (Fsp3) is 0.259. The summed E-state index contributed by atoms with van der Waals surface area (Å²) in [6.45, 7) is 5.80. The van der Waals surface area contributed by atoms with Gasteiger partial charge in [-0.15, -0.1) is 0 Å². The van der Waals surface area contributed by atoms with Crippen LogP contribution in [0.5, 0.6) is 0 Å². The summed E-state index contributed by atoms with van der Waals surface area (Å²) in [6, 6.07) is 8.94. The highest BCUT2D eigenvalue weighted by Gasteiger charge is 2.26. The Morgan fingerprint density at radius 3 is 2.54 bits per heavy atom. The van der Waals surface area contributed by atoms with E-state index in [-0.39, 0.29) is 28.0 Å². The van der Waals surface area contributed by atoms with E-state index >= 15 is 0 Å². The molecule has 37 heavy (non-hydrogen) atoms. The highest BCUT2D eigenvalue weighted by atomic mass is 19.1. The Kier molecular flexibility index (Phi) is 6.66. The van der Waals surface area contributed by atoms with Gasteiger partial charge in [-0.05, 0) is 43.7 Å². The number of hydrogen-bond acceptors (Lipinski definition) is 8. The molecule has 10 heteroatoms. The minimum absolute atomic E-state index is 0.0969. The first-order chi connectivity index (χ1) is 17.8. The second-order valence-corrected chi connectivity index (χ2v) is 8.80. The fourth-order valence-corrected chi connectivity index (χ4v) is 4.53. The van der Waals surface area contributed by atoms with E-state index in [9.17, 15) is 13.6 Å². The topological polar surface area (TPSA) is 104 Å². The fourth-order valence-electron chi connectivity index (χ4n) is 4.53. The van der Waals surface area contributed by atoms with Gasteiger partial charge >= 0.3 is 0 Å². The molecule has 2 aromatic heterocycles. The van der Waals surface area contributed by atoms with E-state index in [2.05, 4.69) is 15.3 Å². The average Bonchev–Trinajstić information content (AvgIpc) is 2.89. The molecule has 4 aromatic rings. The van der Waals surface area contributed by atoms with Crippen LogP contribution in [0.4, 0.5) is 20.4 Å². The monoisotopic (exact) mass is 505 g/mol. The van der Waals surface area contributed by atoms with Gasteiger partial charge in [-0.2, -0.15) is 0 Å². The Labute approximate surface area is 211 Å². The highest BCUT2D eigenvalue weighted by molar-refractivity contribution is 6.05. The van der Waals surface area contributed by atoms with Gasteiger partial charge in [-0.25, -0.2) is 18.7 Å². The van der Waals surface area contributed by atoms with E-state index in [0.29, 0.717) is 49.1 Å². The Balaban J connectivity index is 1.64. The van der Waals surface area contributed by atoms with Gasteiger partial charge < -0.3 is 24.8 Å². The number of fused-ring (bicyclic) bond motifs is 1. The van der Waals surface area contributed by atoms with Crippen LogP contribution >= 0.6 is 0 Å². The van der Waals surface area contributed by atoms with Crippen molar-refractivity contribution >= 4 is 28.3 Å². The molecule has 1 saturated heterocycles. The van der Waals surface area contributed by atoms with Crippen molar-refractivity contribution in [2.45, 2.75) is 19.9 Å². The third-order valence-electron chi connectivity index (χ3n) is 6.29. The molecular formula is C27H25F2N5O3. The predicted molar refractivity (Wildman–Crippen MR) is 137 cm³/mol.